The minimum Gasteiger partial charge on any atom is -0.489 e. The number of halogens is 1. The van der Waals surface area contributed by atoms with Gasteiger partial charge in [0.2, 0.25) is 5.75 Å². The van der Waals surface area contributed by atoms with Gasteiger partial charge in [0.05, 0.1) is 13.7 Å². The van der Waals surface area contributed by atoms with Crippen LogP contribution in [0.1, 0.15) is 6.42 Å². The lowest BCUT2D eigenvalue weighted by Gasteiger charge is -2.09. The fourth-order valence-corrected chi connectivity index (χ4v) is 1.19. The van der Waals surface area contributed by atoms with Crippen molar-refractivity contribution in [2.24, 2.45) is 0 Å². The van der Waals surface area contributed by atoms with Gasteiger partial charge in [-0.3, -0.25) is 0 Å². The first-order chi connectivity index (χ1) is 7.29. The van der Waals surface area contributed by atoms with Crippen molar-refractivity contribution in [1.82, 2.24) is 9.97 Å². The highest BCUT2D eigenvalue weighted by molar-refractivity contribution is 6.31. The first-order valence-electron chi connectivity index (χ1n) is 4.45. The van der Waals surface area contributed by atoms with Gasteiger partial charge >= 0.3 is 0 Å². The lowest BCUT2D eigenvalue weighted by molar-refractivity contribution is 0.168. The summed E-state index contributed by atoms with van der Waals surface area (Å²) in [6.07, 6.45) is 2.11. The molecular formula is C9H13ClN2O3. The number of ether oxygens (including phenoxy) is 3. The van der Waals surface area contributed by atoms with E-state index in [9.17, 15) is 0 Å². The van der Waals surface area contributed by atoms with Crippen LogP contribution >= 0.6 is 11.6 Å². The first-order valence-corrected chi connectivity index (χ1v) is 4.83. The molecule has 84 valence electrons. The molecule has 1 rings (SSSR count). The Morgan fingerprint density at radius 2 is 2.07 bits per heavy atom. The number of aromatic nitrogens is 2. The van der Waals surface area contributed by atoms with Gasteiger partial charge < -0.3 is 14.2 Å². The van der Waals surface area contributed by atoms with Gasteiger partial charge in [-0.05, 0) is 0 Å². The van der Waals surface area contributed by atoms with Gasteiger partial charge in [0.1, 0.15) is 6.33 Å². The zero-order valence-corrected chi connectivity index (χ0v) is 9.45. The molecule has 0 aromatic carbocycles. The largest absolute Gasteiger partial charge is 0.489 e. The normalized spacial score (nSPS) is 10.1. The lowest BCUT2D eigenvalue weighted by atomic mass is 10.5. The van der Waals surface area contributed by atoms with Crippen LogP contribution in [0.25, 0.3) is 0 Å². The molecule has 0 saturated carbocycles. The maximum absolute atomic E-state index is 5.79. The fraction of sp³-hybridized carbons (Fsp3) is 0.556. The summed E-state index contributed by atoms with van der Waals surface area (Å²) < 4.78 is 15.3. The van der Waals surface area contributed by atoms with E-state index in [1.165, 1.54) is 13.4 Å². The van der Waals surface area contributed by atoms with Crippen molar-refractivity contribution in [2.75, 3.05) is 27.4 Å². The molecule has 0 spiro atoms. The summed E-state index contributed by atoms with van der Waals surface area (Å²) >= 11 is 5.79. The van der Waals surface area contributed by atoms with Gasteiger partial charge in [-0.2, -0.15) is 4.98 Å². The van der Waals surface area contributed by atoms with E-state index in [2.05, 4.69) is 9.97 Å². The van der Waals surface area contributed by atoms with Crippen LogP contribution in [0.4, 0.5) is 0 Å². The second kappa shape index (κ2) is 6.42. The Balaban J connectivity index is 2.56. The zero-order valence-electron chi connectivity index (χ0n) is 8.70. The van der Waals surface area contributed by atoms with Crippen LogP contribution in [0, 0.1) is 0 Å². The predicted octanol–water partition coefficient (Wildman–Crippen LogP) is 1.55. The molecule has 0 aliphatic heterocycles. The molecule has 0 saturated heterocycles. The van der Waals surface area contributed by atoms with Crippen molar-refractivity contribution in [3.8, 4) is 11.6 Å². The number of hydrogen-bond acceptors (Lipinski definition) is 5. The molecule has 0 radical (unpaired) electrons. The smallest absolute Gasteiger partial charge is 0.261 e. The number of methoxy groups -OCH3 is 2. The SMILES string of the molecule is COCCCOc1ncnc(Cl)c1OC. The van der Waals surface area contributed by atoms with Crippen molar-refractivity contribution in [2.45, 2.75) is 6.42 Å². The van der Waals surface area contributed by atoms with Gasteiger partial charge in [0.25, 0.3) is 5.88 Å². The molecule has 0 aliphatic rings. The molecule has 0 N–H and O–H groups in total. The van der Waals surface area contributed by atoms with E-state index in [4.69, 9.17) is 25.8 Å². The van der Waals surface area contributed by atoms with E-state index in [-0.39, 0.29) is 5.15 Å². The summed E-state index contributed by atoms with van der Waals surface area (Å²) in [6.45, 7) is 1.14. The zero-order chi connectivity index (χ0) is 11.1. The number of nitrogens with zero attached hydrogens (tertiary/aromatic N) is 2. The van der Waals surface area contributed by atoms with Crippen LogP contribution in [-0.4, -0.2) is 37.4 Å². The highest BCUT2D eigenvalue weighted by Crippen LogP contribution is 2.30. The monoisotopic (exact) mass is 232 g/mol. The minimum absolute atomic E-state index is 0.245. The van der Waals surface area contributed by atoms with Crippen LogP contribution in [0.5, 0.6) is 11.6 Å². The predicted molar refractivity (Wildman–Crippen MR) is 55.6 cm³/mol. The standard InChI is InChI=1S/C9H13ClN2O3/c1-13-4-3-5-15-9-7(14-2)8(10)11-6-12-9/h6H,3-5H2,1-2H3. The average Bonchev–Trinajstić information content (AvgIpc) is 2.24. The summed E-state index contributed by atoms with van der Waals surface area (Å²) in [5.74, 6) is 0.713. The third-order valence-corrected chi connectivity index (χ3v) is 1.93. The van der Waals surface area contributed by atoms with Crippen LogP contribution in [0.3, 0.4) is 0 Å². The Hall–Kier alpha value is -1.07. The molecule has 1 aromatic heterocycles. The van der Waals surface area contributed by atoms with Crippen LogP contribution < -0.4 is 9.47 Å². The maximum Gasteiger partial charge on any atom is 0.261 e. The van der Waals surface area contributed by atoms with Crippen molar-refractivity contribution in [1.29, 1.82) is 0 Å². The van der Waals surface area contributed by atoms with Crippen LogP contribution in [0.15, 0.2) is 6.33 Å². The van der Waals surface area contributed by atoms with E-state index in [1.54, 1.807) is 7.11 Å². The van der Waals surface area contributed by atoms with E-state index in [0.29, 0.717) is 24.8 Å². The molecule has 5 nitrogen and oxygen atoms in total. The van der Waals surface area contributed by atoms with Crippen molar-refractivity contribution in [3.63, 3.8) is 0 Å². The van der Waals surface area contributed by atoms with Gasteiger partial charge in [-0.1, -0.05) is 11.6 Å². The third-order valence-electron chi connectivity index (χ3n) is 1.66. The second-order valence-corrected chi connectivity index (χ2v) is 3.06. The highest BCUT2D eigenvalue weighted by Gasteiger charge is 2.10. The third kappa shape index (κ3) is 3.53. The number of hydrogen-bond donors (Lipinski definition) is 0. The van der Waals surface area contributed by atoms with Crippen molar-refractivity contribution in [3.05, 3.63) is 11.5 Å². The van der Waals surface area contributed by atoms with Gasteiger partial charge in [0, 0.05) is 20.1 Å². The Kier molecular flexibility index (Phi) is 5.14. The summed E-state index contributed by atoms with van der Waals surface area (Å²) in [4.78, 5) is 7.70. The summed E-state index contributed by atoms with van der Waals surface area (Å²) in [5.41, 5.74) is 0. The highest BCUT2D eigenvalue weighted by atomic mass is 35.5. The van der Waals surface area contributed by atoms with E-state index in [0.717, 1.165) is 6.42 Å². The average molecular weight is 233 g/mol. The summed E-state index contributed by atoms with van der Waals surface area (Å²) in [6, 6.07) is 0. The fourth-order valence-electron chi connectivity index (χ4n) is 0.984. The molecule has 0 aliphatic carbocycles. The van der Waals surface area contributed by atoms with E-state index in [1.807, 2.05) is 0 Å². The Bertz CT molecular complexity index is 309. The molecule has 6 heteroatoms. The molecule has 0 atom stereocenters. The van der Waals surface area contributed by atoms with Crippen molar-refractivity contribution >= 4 is 11.6 Å². The molecule has 0 unspecified atom stereocenters. The molecule has 15 heavy (non-hydrogen) atoms. The molecule has 0 amide bonds. The second-order valence-electron chi connectivity index (χ2n) is 2.70. The van der Waals surface area contributed by atoms with Gasteiger partial charge in [-0.15, -0.1) is 0 Å². The Labute approximate surface area is 93.3 Å². The summed E-state index contributed by atoms with van der Waals surface area (Å²) in [7, 11) is 3.13. The molecule has 1 heterocycles. The van der Waals surface area contributed by atoms with Gasteiger partial charge in [-0.25, -0.2) is 4.98 Å². The minimum atomic E-state index is 0.245. The van der Waals surface area contributed by atoms with E-state index < -0.39 is 0 Å². The number of rotatable bonds is 6. The maximum atomic E-state index is 5.79. The Morgan fingerprint density at radius 1 is 1.27 bits per heavy atom. The van der Waals surface area contributed by atoms with Crippen LogP contribution in [0.2, 0.25) is 5.15 Å². The Morgan fingerprint density at radius 3 is 2.73 bits per heavy atom. The van der Waals surface area contributed by atoms with Gasteiger partial charge in [0.15, 0.2) is 5.15 Å². The molecule has 1 aromatic rings. The van der Waals surface area contributed by atoms with Crippen LogP contribution in [-0.2, 0) is 4.74 Å². The molecule has 0 fully saturated rings. The first kappa shape index (κ1) is 12.0. The lowest BCUT2D eigenvalue weighted by Crippen LogP contribution is -2.04. The van der Waals surface area contributed by atoms with E-state index >= 15 is 0 Å². The molecular weight excluding hydrogens is 220 g/mol. The topological polar surface area (TPSA) is 53.5 Å². The molecule has 0 bridgehead atoms. The summed E-state index contributed by atoms with van der Waals surface area (Å²) in [5, 5.41) is 0.245. The quantitative estimate of drug-likeness (QED) is 0.550. The van der Waals surface area contributed by atoms with Crippen molar-refractivity contribution < 1.29 is 14.2 Å².